The molecule has 0 bridgehead atoms. The number of rotatable bonds is 68. The summed E-state index contributed by atoms with van der Waals surface area (Å²) < 4.78 is 68.3. The molecule has 0 aliphatic carbocycles. The zero-order valence-corrected chi connectivity index (χ0v) is 61.5. The Hall–Kier alpha value is -4.54. The van der Waals surface area contributed by atoms with Crippen molar-refractivity contribution in [2.75, 3.05) is 39.6 Å². The van der Waals surface area contributed by atoms with Crippen LogP contribution in [-0.4, -0.2) is 96.7 Å². The zero-order valence-electron chi connectivity index (χ0n) is 59.8. The van der Waals surface area contributed by atoms with Gasteiger partial charge in [-0.3, -0.25) is 37.3 Å². The molecule has 0 spiro atoms. The number of allylic oxidation sites excluding steroid dienone is 20. The van der Waals surface area contributed by atoms with E-state index in [4.69, 9.17) is 37.0 Å². The molecule has 0 aromatic rings. The molecule has 0 aliphatic heterocycles. The molecule has 19 heteroatoms. The first-order chi connectivity index (χ1) is 46.7. The smallest absolute Gasteiger partial charge is 0.462 e. The van der Waals surface area contributed by atoms with Gasteiger partial charge >= 0.3 is 39.5 Å². The third-order valence-electron chi connectivity index (χ3n) is 14.8. The van der Waals surface area contributed by atoms with Crippen molar-refractivity contribution in [2.45, 2.75) is 303 Å². The molecule has 0 saturated carbocycles. The van der Waals surface area contributed by atoms with E-state index in [2.05, 4.69) is 149 Å². The van der Waals surface area contributed by atoms with Gasteiger partial charge in [-0.25, -0.2) is 9.13 Å². The fourth-order valence-corrected chi connectivity index (χ4v) is 10.8. The Morgan fingerprint density at radius 1 is 0.302 bits per heavy atom. The van der Waals surface area contributed by atoms with Gasteiger partial charge in [-0.15, -0.1) is 0 Å². The normalized spacial score (nSPS) is 14.7. The molecule has 0 aliphatic rings. The van der Waals surface area contributed by atoms with Crippen molar-refractivity contribution in [1.29, 1.82) is 0 Å². The van der Waals surface area contributed by atoms with Gasteiger partial charge in [0.2, 0.25) is 0 Å². The first-order valence-corrected chi connectivity index (χ1v) is 39.8. The average molecular weight is 1390 g/mol. The number of carbonyl (C=O) groups is 4. The molecular weight excluding hydrogens is 1260 g/mol. The number of phosphoric acid groups is 2. The van der Waals surface area contributed by atoms with Crippen LogP contribution in [0.5, 0.6) is 0 Å². The molecule has 3 N–H and O–H groups in total. The molecule has 0 heterocycles. The van der Waals surface area contributed by atoms with E-state index in [0.717, 1.165) is 186 Å². The molecule has 0 aromatic heterocycles. The number of esters is 4. The highest BCUT2D eigenvalue weighted by molar-refractivity contribution is 7.47. The van der Waals surface area contributed by atoms with Crippen LogP contribution in [0, 0.1) is 0 Å². The number of carbonyl (C=O) groups excluding carboxylic acids is 4. The predicted molar refractivity (Wildman–Crippen MR) is 390 cm³/mol. The molecule has 0 saturated heterocycles. The Labute approximate surface area is 581 Å². The number of ether oxygens (including phenoxy) is 4. The van der Waals surface area contributed by atoms with Crippen LogP contribution in [0.2, 0.25) is 0 Å². The van der Waals surface area contributed by atoms with Crippen molar-refractivity contribution in [3.05, 3.63) is 122 Å². The topological polar surface area (TPSA) is 237 Å². The Balaban J connectivity index is 5.41. The predicted octanol–water partition coefficient (Wildman–Crippen LogP) is 20.8. The molecule has 17 nitrogen and oxygen atoms in total. The Bertz CT molecular complexity index is 2300. The van der Waals surface area contributed by atoms with E-state index in [9.17, 15) is 43.2 Å². The maximum atomic E-state index is 13.1. The van der Waals surface area contributed by atoms with E-state index < -0.39 is 97.5 Å². The largest absolute Gasteiger partial charge is 0.472 e. The molecule has 0 radical (unpaired) electrons. The zero-order chi connectivity index (χ0) is 70.4. The summed E-state index contributed by atoms with van der Waals surface area (Å²) in [6, 6.07) is 0. The van der Waals surface area contributed by atoms with Crippen molar-refractivity contribution in [2.24, 2.45) is 0 Å². The second-order valence-corrected chi connectivity index (χ2v) is 27.0. The molecule has 550 valence electrons. The van der Waals surface area contributed by atoms with Crippen molar-refractivity contribution in [3.8, 4) is 0 Å². The van der Waals surface area contributed by atoms with Crippen molar-refractivity contribution < 1.29 is 80.2 Å². The SMILES string of the molecule is CC/C=C\C/C=C\C/C=C\C/C=C\CCCCC(=O)OCC(COP(=O)(O)OCC(O)COP(=O)(O)OCC(COC(=O)CCCCCCC/C=C\C/C=C\CCC)OC(=O)CCCCCCC/C=C\C/C=C\CCC)OC(=O)CCCCCCC/C=C\C/C=C\CCCCC. The summed E-state index contributed by atoms with van der Waals surface area (Å²) in [5, 5.41) is 10.6. The second kappa shape index (κ2) is 69.0. The number of hydrogen-bond acceptors (Lipinski definition) is 15. The summed E-state index contributed by atoms with van der Waals surface area (Å²) in [6.07, 6.45) is 73.4. The molecule has 0 fully saturated rings. The fraction of sp³-hybridized carbons (Fsp3) is 0.688. The standard InChI is InChI=1S/C77H130O17P2/c1-5-9-13-17-21-25-29-33-35-39-42-46-50-54-58-62-75(80)88-68-73(94-77(82)64-60-56-52-48-44-40-36-34-30-26-22-18-14-10-6-2)70-92-96(85,86)90-66-71(78)65-89-95(83,84)91-69-72(93-76(81)63-59-55-51-47-43-38-32-28-24-20-16-12-8-4)67-87-74(79)61-57-53-49-45-41-37-31-27-23-19-15-11-7-3/h9,13,15-16,19-22,25-28,31-36,42,46,71-73,78H,5-8,10-12,14,17-18,23-24,29-30,37-41,43-45,47-70H2,1-4H3,(H,83,84)(H,85,86)/b13-9-,19-15-,20-16-,25-21-,26-22-,31-27-,32-28-,35-33-,36-34-,46-42-. The van der Waals surface area contributed by atoms with Crippen LogP contribution in [-0.2, 0) is 65.4 Å². The number of aliphatic hydroxyl groups is 1. The quantitative estimate of drug-likeness (QED) is 0.0169. The number of hydrogen-bond donors (Lipinski definition) is 3. The van der Waals surface area contributed by atoms with E-state index in [1.807, 2.05) is 0 Å². The van der Waals surface area contributed by atoms with Crippen LogP contribution in [0.1, 0.15) is 285 Å². The van der Waals surface area contributed by atoms with Gasteiger partial charge < -0.3 is 33.8 Å². The summed E-state index contributed by atoms with van der Waals surface area (Å²) in [7, 11) is -9.97. The third-order valence-corrected chi connectivity index (χ3v) is 16.7. The fourth-order valence-electron chi connectivity index (χ4n) is 9.26. The van der Waals surface area contributed by atoms with E-state index in [-0.39, 0.29) is 25.7 Å². The van der Waals surface area contributed by atoms with E-state index >= 15 is 0 Å². The van der Waals surface area contributed by atoms with Gasteiger partial charge in [0.25, 0.3) is 0 Å². The molecule has 0 amide bonds. The van der Waals surface area contributed by atoms with Gasteiger partial charge in [-0.05, 0) is 148 Å². The first-order valence-electron chi connectivity index (χ1n) is 36.8. The monoisotopic (exact) mass is 1390 g/mol. The number of aliphatic hydroxyl groups excluding tert-OH is 1. The molecule has 96 heavy (non-hydrogen) atoms. The minimum Gasteiger partial charge on any atom is -0.462 e. The lowest BCUT2D eigenvalue weighted by atomic mass is 10.1. The van der Waals surface area contributed by atoms with Gasteiger partial charge in [0.1, 0.15) is 19.3 Å². The Morgan fingerprint density at radius 3 is 0.896 bits per heavy atom. The summed E-state index contributed by atoms with van der Waals surface area (Å²) in [5.74, 6) is -2.27. The van der Waals surface area contributed by atoms with E-state index in [0.29, 0.717) is 25.7 Å². The molecule has 5 atom stereocenters. The average Bonchev–Trinajstić information content (AvgIpc) is 1.36. The lowest BCUT2D eigenvalue weighted by Gasteiger charge is -2.21. The highest BCUT2D eigenvalue weighted by atomic mass is 31.2. The van der Waals surface area contributed by atoms with Crippen LogP contribution in [0.4, 0.5) is 0 Å². The van der Waals surface area contributed by atoms with Crippen LogP contribution in [0.15, 0.2) is 122 Å². The number of unbranched alkanes of at least 4 members (excludes halogenated alkanes) is 22. The number of phosphoric ester groups is 2. The third kappa shape index (κ3) is 68.0. The lowest BCUT2D eigenvalue weighted by molar-refractivity contribution is -0.161. The highest BCUT2D eigenvalue weighted by Crippen LogP contribution is 2.45. The van der Waals surface area contributed by atoms with Gasteiger partial charge in [0, 0.05) is 25.7 Å². The maximum Gasteiger partial charge on any atom is 0.472 e. The van der Waals surface area contributed by atoms with Crippen LogP contribution in [0.25, 0.3) is 0 Å². The summed E-state index contributed by atoms with van der Waals surface area (Å²) in [5.41, 5.74) is 0. The van der Waals surface area contributed by atoms with Crippen LogP contribution in [0.3, 0.4) is 0 Å². The molecule has 0 aromatic carbocycles. The minimum absolute atomic E-state index is 0.0670. The Kier molecular flexibility index (Phi) is 65.7. The van der Waals surface area contributed by atoms with E-state index in [1.54, 1.807) is 0 Å². The second-order valence-electron chi connectivity index (χ2n) is 24.1. The molecule has 0 rings (SSSR count). The van der Waals surface area contributed by atoms with Gasteiger partial charge in [-0.1, -0.05) is 233 Å². The summed E-state index contributed by atoms with van der Waals surface area (Å²) in [6.45, 7) is 4.49. The van der Waals surface area contributed by atoms with Crippen molar-refractivity contribution in [3.63, 3.8) is 0 Å². The summed E-state index contributed by atoms with van der Waals surface area (Å²) in [4.78, 5) is 72.7. The van der Waals surface area contributed by atoms with Crippen molar-refractivity contribution >= 4 is 39.5 Å². The van der Waals surface area contributed by atoms with Crippen LogP contribution >= 0.6 is 15.6 Å². The van der Waals surface area contributed by atoms with Gasteiger partial charge in [0.15, 0.2) is 12.2 Å². The Morgan fingerprint density at radius 2 is 0.562 bits per heavy atom. The van der Waals surface area contributed by atoms with E-state index in [1.165, 1.54) is 19.3 Å². The highest BCUT2D eigenvalue weighted by Gasteiger charge is 2.30. The van der Waals surface area contributed by atoms with Gasteiger partial charge in [-0.2, -0.15) is 0 Å². The lowest BCUT2D eigenvalue weighted by Crippen LogP contribution is -2.30. The summed E-state index contributed by atoms with van der Waals surface area (Å²) >= 11 is 0. The molecular formula is C77H130O17P2. The van der Waals surface area contributed by atoms with Crippen molar-refractivity contribution in [1.82, 2.24) is 0 Å². The van der Waals surface area contributed by atoms with Gasteiger partial charge in [0.05, 0.1) is 26.4 Å². The minimum atomic E-state index is -4.99. The molecule has 5 unspecified atom stereocenters. The van der Waals surface area contributed by atoms with Crippen LogP contribution < -0.4 is 0 Å². The maximum absolute atomic E-state index is 13.1. The first kappa shape index (κ1) is 91.5.